The average molecular weight is 670 g/mol. The van der Waals surface area contributed by atoms with Gasteiger partial charge in [0.05, 0.1) is 30.4 Å². The van der Waals surface area contributed by atoms with Crippen LogP contribution in [0.3, 0.4) is 0 Å². The average Bonchev–Trinajstić information content (AvgIpc) is 2.97. The molecule has 0 aromatic heterocycles. The van der Waals surface area contributed by atoms with Gasteiger partial charge in [0, 0.05) is 44.3 Å². The Bertz CT molecular complexity index is 1430. The predicted octanol–water partition coefficient (Wildman–Crippen LogP) is 6.90. The van der Waals surface area contributed by atoms with Crippen LogP contribution in [0.5, 0.6) is 0 Å². The third-order valence-electron chi connectivity index (χ3n) is 8.16. The first-order valence-corrected chi connectivity index (χ1v) is 15.5. The number of carbonyl (C=O) groups excluding carboxylic acids is 2. The molecular weight excluding hydrogens is 628 g/mol. The van der Waals surface area contributed by atoms with Gasteiger partial charge in [-0.1, -0.05) is 30.4 Å². The van der Waals surface area contributed by atoms with Crippen molar-refractivity contribution < 1.29 is 45.4 Å². The molecule has 0 saturated carbocycles. The van der Waals surface area contributed by atoms with Crippen LogP contribution in [0.1, 0.15) is 58.9 Å². The number of ether oxygens (including phenoxy) is 2. The van der Waals surface area contributed by atoms with E-state index in [1.807, 2.05) is 44.2 Å². The third kappa shape index (κ3) is 9.96. The molecule has 0 bridgehead atoms. The molecule has 258 valence electrons. The Hall–Kier alpha value is -3.58. The van der Waals surface area contributed by atoms with Crippen LogP contribution in [-0.4, -0.2) is 90.3 Å². The molecular formula is C34H41F6N3O4. The van der Waals surface area contributed by atoms with E-state index in [2.05, 4.69) is 4.90 Å². The number of morpholine rings is 1. The van der Waals surface area contributed by atoms with E-state index in [4.69, 9.17) is 9.47 Å². The van der Waals surface area contributed by atoms with Gasteiger partial charge in [-0.3, -0.25) is 9.69 Å². The molecule has 47 heavy (non-hydrogen) atoms. The van der Waals surface area contributed by atoms with E-state index < -0.39 is 52.7 Å². The monoisotopic (exact) mass is 669 g/mol. The molecule has 2 atom stereocenters. The molecule has 2 aromatic carbocycles. The summed E-state index contributed by atoms with van der Waals surface area (Å²) in [4.78, 5) is 31.2. The van der Waals surface area contributed by atoms with Crippen LogP contribution >= 0.6 is 0 Å². The Balaban J connectivity index is 1.52. The Morgan fingerprint density at radius 1 is 0.894 bits per heavy atom. The highest BCUT2D eigenvalue weighted by Crippen LogP contribution is 2.37. The molecule has 2 heterocycles. The van der Waals surface area contributed by atoms with E-state index in [-0.39, 0.29) is 18.7 Å². The zero-order chi connectivity index (χ0) is 34.7. The summed E-state index contributed by atoms with van der Waals surface area (Å²) in [5.74, 6) is -0.886. The van der Waals surface area contributed by atoms with E-state index in [1.54, 1.807) is 25.7 Å². The van der Waals surface area contributed by atoms with Gasteiger partial charge < -0.3 is 19.3 Å². The van der Waals surface area contributed by atoms with E-state index in [0.29, 0.717) is 57.9 Å². The van der Waals surface area contributed by atoms with Crippen molar-refractivity contribution in [3.8, 4) is 0 Å². The summed E-state index contributed by atoms with van der Waals surface area (Å²) < 4.78 is 92.7. The zero-order valence-corrected chi connectivity index (χ0v) is 27.2. The number of nitrogens with zero attached hydrogens (tertiary/aromatic N) is 3. The van der Waals surface area contributed by atoms with Crippen LogP contribution in [-0.2, 0) is 28.2 Å². The number of hydrogen-bond donors (Lipinski definition) is 0. The van der Waals surface area contributed by atoms with Gasteiger partial charge in [0.15, 0.2) is 0 Å². The molecule has 0 N–H and O–H groups in total. The molecule has 7 nitrogen and oxygen atoms in total. The summed E-state index contributed by atoms with van der Waals surface area (Å²) in [5, 5.41) is 0. The zero-order valence-electron chi connectivity index (χ0n) is 27.2. The lowest BCUT2D eigenvalue weighted by molar-refractivity contribution is -0.143. The summed E-state index contributed by atoms with van der Waals surface area (Å²) >= 11 is 0. The minimum atomic E-state index is -5.06. The second kappa shape index (κ2) is 14.3. The molecule has 2 aliphatic heterocycles. The van der Waals surface area contributed by atoms with Crippen molar-refractivity contribution in [2.24, 2.45) is 0 Å². The molecule has 2 aromatic rings. The minimum absolute atomic E-state index is 0.0242. The fourth-order valence-electron chi connectivity index (χ4n) is 5.62. The molecule has 0 aliphatic carbocycles. The summed E-state index contributed by atoms with van der Waals surface area (Å²) in [6.07, 6.45) is -6.79. The van der Waals surface area contributed by atoms with E-state index in [9.17, 15) is 35.9 Å². The van der Waals surface area contributed by atoms with Crippen LogP contribution < -0.4 is 0 Å². The number of alkyl halides is 6. The van der Waals surface area contributed by atoms with Crippen LogP contribution in [0, 0.1) is 13.8 Å². The molecule has 2 saturated heterocycles. The lowest BCUT2D eigenvalue weighted by Crippen LogP contribution is -2.56. The highest BCUT2D eigenvalue weighted by molar-refractivity contribution is 5.95. The van der Waals surface area contributed by atoms with Gasteiger partial charge in [-0.05, 0) is 75.9 Å². The Kier molecular flexibility index (Phi) is 11.0. The lowest BCUT2D eigenvalue weighted by Gasteiger charge is -2.41. The third-order valence-corrected chi connectivity index (χ3v) is 8.16. The molecule has 13 heteroatoms. The Morgan fingerprint density at radius 2 is 1.55 bits per heavy atom. The number of rotatable bonds is 6. The molecule has 2 aliphatic rings. The van der Waals surface area contributed by atoms with Crippen LogP contribution in [0.2, 0.25) is 0 Å². The van der Waals surface area contributed by atoms with Gasteiger partial charge in [-0.15, -0.1) is 0 Å². The van der Waals surface area contributed by atoms with Gasteiger partial charge in [0.25, 0.3) is 5.91 Å². The first-order valence-electron chi connectivity index (χ1n) is 15.5. The number of halogens is 6. The molecule has 0 spiro atoms. The summed E-state index contributed by atoms with van der Waals surface area (Å²) in [6, 6.07) is 6.30. The summed E-state index contributed by atoms with van der Waals surface area (Å²) in [6.45, 7) is 11.6. The van der Waals surface area contributed by atoms with Crippen molar-refractivity contribution in [2.45, 2.75) is 71.1 Å². The van der Waals surface area contributed by atoms with Crippen LogP contribution in [0.4, 0.5) is 31.1 Å². The maximum Gasteiger partial charge on any atom is 0.416 e. The quantitative estimate of drug-likeness (QED) is 0.248. The molecule has 2 fully saturated rings. The topological polar surface area (TPSA) is 62.3 Å². The number of amides is 2. The molecule has 2 amide bonds. The normalized spacial score (nSPS) is 20.1. The maximum atomic E-state index is 13.7. The minimum Gasteiger partial charge on any atom is -0.444 e. The predicted molar refractivity (Wildman–Crippen MR) is 164 cm³/mol. The van der Waals surface area contributed by atoms with E-state index >= 15 is 0 Å². The van der Waals surface area contributed by atoms with Gasteiger partial charge >= 0.3 is 18.4 Å². The van der Waals surface area contributed by atoms with Crippen molar-refractivity contribution in [3.05, 3.63) is 81.9 Å². The van der Waals surface area contributed by atoms with Crippen molar-refractivity contribution >= 4 is 12.0 Å². The van der Waals surface area contributed by atoms with Crippen LogP contribution in [0.25, 0.3) is 0 Å². The number of aryl methyl sites for hydroxylation is 2. The van der Waals surface area contributed by atoms with Crippen molar-refractivity contribution in [1.82, 2.24) is 14.7 Å². The number of hydrogen-bond acceptors (Lipinski definition) is 5. The lowest BCUT2D eigenvalue weighted by atomic mass is 9.97. The van der Waals surface area contributed by atoms with Gasteiger partial charge in [0.1, 0.15) is 5.60 Å². The Labute approximate surface area is 271 Å². The number of carbonyl (C=O) groups is 2. The van der Waals surface area contributed by atoms with Crippen molar-refractivity contribution in [1.29, 1.82) is 0 Å². The van der Waals surface area contributed by atoms with E-state index in [1.165, 1.54) is 4.90 Å². The van der Waals surface area contributed by atoms with Gasteiger partial charge in [0.2, 0.25) is 0 Å². The number of benzene rings is 2. The molecule has 0 unspecified atom stereocenters. The first kappa shape index (κ1) is 36.3. The SMILES string of the molecule is Cc1ccc(C[C@@H]2CN(C/C=C/[C@H]3CN(C(=O)OC(C)(C)C)CCO3)CCN2C(=O)c2cc(C(F)(F)F)cc(C(F)(F)F)c2)cc1C. The second-order valence-corrected chi connectivity index (χ2v) is 13.1. The maximum absolute atomic E-state index is 13.7. The fraction of sp³-hybridized carbons (Fsp3) is 0.529. The smallest absolute Gasteiger partial charge is 0.416 e. The second-order valence-electron chi connectivity index (χ2n) is 13.1. The Morgan fingerprint density at radius 3 is 2.15 bits per heavy atom. The standard InChI is InChI=1S/C34H41F6N3O4/c1-22-8-9-24(15-23(22)2)16-28-20-41(10-6-7-29-21-42(13-14-46-29)31(45)47-32(3,4)5)11-12-43(28)30(44)25-17-26(33(35,36)37)19-27(18-25)34(38,39)40/h6-9,15,17-19,28-29H,10-14,16,20-21H2,1-5H3/b7-6+/t28-,29+/m1/s1. The largest absolute Gasteiger partial charge is 0.444 e. The van der Waals surface area contributed by atoms with Crippen molar-refractivity contribution in [2.75, 3.05) is 45.9 Å². The van der Waals surface area contributed by atoms with Crippen molar-refractivity contribution in [3.63, 3.8) is 0 Å². The fourth-order valence-corrected chi connectivity index (χ4v) is 5.62. The highest BCUT2D eigenvalue weighted by atomic mass is 19.4. The molecule has 0 radical (unpaired) electrons. The van der Waals surface area contributed by atoms with Gasteiger partial charge in [-0.2, -0.15) is 26.3 Å². The van der Waals surface area contributed by atoms with Gasteiger partial charge in [-0.25, -0.2) is 4.79 Å². The highest BCUT2D eigenvalue weighted by Gasteiger charge is 2.39. The number of piperazine rings is 1. The molecule has 4 rings (SSSR count). The summed E-state index contributed by atoms with van der Waals surface area (Å²) in [7, 11) is 0. The van der Waals surface area contributed by atoms with E-state index in [0.717, 1.165) is 16.7 Å². The first-order chi connectivity index (χ1) is 21.8. The van der Waals surface area contributed by atoms with Crippen LogP contribution in [0.15, 0.2) is 48.6 Å². The summed E-state index contributed by atoms with van der Waals surface area (Å²) in [5.41, 5.74) is -1.35.